The second kappa shape index (κ2) is 11.5. The summed E-state index contributed by atoms with van der Waals surface area (Å²) in [7, 11) is 1.75. The average molecular weight is 452 g/mol. The molecule has 4 nitrogen and oxygen atoms in total. The fourth-order valence-electron chi connectivity index (χ4n) is 3.67. The summed E-state index contributed by atoms with van der Waals surface area (Å²) in [6, 6.07) is 19.2. The lowest BCUT2D eigenvalue weighted by molar-refractivity contribution is 0.149. The van der Waals surface area contributed by atoms with Gasteiger partial charge in [0.25, 0.3) is 0 Å². The Morgan fingerprint density at radius 2 is 1.86 bits per heavy atom. The quantitative estimate of drug-likeness (QED) is 0.587. The highest BCUT2D eigenvalue weighted by atomic mass is 35.5. The van der Waals surface area contributed by atoms with E-state index >= 15 is 0 Å². The van der Waals surface area contributed by atoms with Crippen LogP contribution in [0.3, 0.4) is 0 Å². The standard InChI is InChI=1S/C22H25N3OS.2ClH/c1-26-21-10-6-5-9-19(21)20-14-23-11-12-25(20)15-18-16-27-22(24-18)13-17-7-3-2-4-8-17;;/h2-10,16,20,23H,11-15H2,1H3;2*1H. The molecule has 1 N–H and O–H groups in total. The van der Waals surface area contributed by atoms with Crippen LogP contribution in [0.15, 0.2) is 60.0 Å². The highest BCUT2D eigenvalue weighted by Gasteiger charge is 2.26. The number of ether oxygens (including phenoxy) is 1. The van der Waals surface area contributed by atoms with Crippen LogP contribution in [-0.2, 0) is 13.0 Å². The van der Waals surface area contributed by atoms with Crippen molar-refractivity contribution in [2.24, 2.45) is 0 Å². The molecule has 0 bridgehead atoms. The van der Waals surface area contributed by atoms with Gasteiger partial charge in [-0.25, -0.2) is 4.98 Å². The molecule has 2 aromatic carbocycles. The fraction of sp³-hybridized carbons (Fsp3) is 0.318. The summed E-state index contributed by atoms with van der Waals surface area (Å²) in [4.78, 5) is 7.41. The SMILES string of the molecule is COc1ccccc1C1CNCCN1Cc1csc(Cc2ccccc2)n1.Cl.Cl. The molecule has 2 heterocycles. The average Bonchev–Trinajstić information content (AvgIpc) is 3.16. The molecule has 7 heteroatoms. The number of nitrogens with zero attached hydrogens (tertiary/aromatic N) is 2. The minimum absolute atomic E-state index is 0. The van der Waals surface area contributed by atoms with Crippen LogP contribution in [0.5, 0.6) is 5.75 Å². The van der Waals surface area contributed by atoms with Gasteiger partial charge in [-0.05, 0) is 11.6 Å². The summed E-state index contributed by atoms with van der Waals surface area (Å²) in [6.45, 7) is 3.82. The molecular weight excluding hydrogens is 425 g/mol. The first-order valence-corrected chi connectivity index (χ1v) is 10.3. The zero-order chi connectivity index (χ0) is 18.5. The Hall–Kier alpha value is -1.63. The van der Waals surface area contributed by atoms with Crippen LogP contribution >= 0.6 is 36.2 Å². The third-order valence-corrected chi connectivity index (χ3v) is 5.91. The third-order valence-electron chi connectivity index (χ3n) is 5.01. The molecular formula is C22H27Cl2N3OS. The molecule has 1 aliphatic rings. The minimum Gasteiger partial charge on any atom is -0.496 e. The van der Waals surface area contributed by atoms with E-state index in [-0.39, 0.29) is 24.8 Å². The number of halogens is 2. The van der Waals surface area contributed by atoms with Gasteiger partial charge in [0.1, 0.15) is 5.75 Å². The van der Waals surface area contributed by atoms with Gasteiger partial charge >= 0.3 is 0 Å². The van der Waals surface area contributed by atoms with Crippen LogP contribution in [0.1, 0.15) is 27.9 Å². The highest BCUT2D eigenvalue weighted by molar-refractivity contribution is 7.09. The van der Waals surface area contributed by atoms with Crippen molar-refractivity contribution in [2.75, 3.05) is 26.7 Å². The van der Waals surface area contributed by atoms with Crippen LogP contribution in [-0.4, -0.2) is 36.6 Å². The predicted molar refractivity (Wildman–Crippen MR) is 125 cm³/mol. The summed E-state index contributed by atoms with van der Waals surface area (Å²) < 4.78 is 5.60. The zero-order valence-corrected chi connectivity index (χ0v) is 18.9. The molecule has 4 rings (SSSR count). The Morgan fingerprint density at radius 1 is 1.10 bits per heavy atom. The van der Waals surface area contributed by atoms with Crippen LogP contribution in [0.4, 0.5) is 0 Å². The van der Waals surface area contributed by atoms with Gasteiger partial charge in [-0.2, -0.15) is 0 Å². The van der Waals surface area contributed by atoms with Crippen molar-refractivity contribution in [1.82, 2.24) is 15.2 Å². The first kappa shape index (κ1) is 23.6. The molecule has 1 fully saturated rings. The van der Waals surface area contributed by atoms with Crippen LogP contribution in [0, 0.1) is 0 Å². The number of methoxy groups -OCH3 is 1. The van der Waals surface area contributed by atoms with Gasteiger partial charge < -0.3 is 10.1 Å². The van der Waals surface area contributed by atoms with Gasteiger partial charge in [0.2, 0.25) is 0 Å². The maximum absolute atomic E-state index is 5.60. The smallest absolute Gasteiger partial charge is 0.123 e. The number of hydrogen-bond acceptors (Lipinski definition) is 5. The second-order valence-electron chi connectivity index (χ2n) is 6.83. The molecule has 1 atom stereocenters. The largest absolute Gasteiger partial charge is 0.496 e. The number of benzene rings is 2. The molecule has 1 aromatic heterocycles. The predicted octanol–water partition coefficient (Wildman–Crippen LogP) is 4.73. The number of para-hydroxylation sites is 1. The van der Waals surface area contributed by atoms with Crippen molar-refractivity contribution < 1.29 is 4.74 Å². The van der Waals surface area contributed by atoms with E-state index in [1.807, 2.05) is 12.1 Å². The van der Waals surface area contributed by atoms with E-state index in [0.29, 0.717) is 6.04 Å². The fourth-order valence-corrected chi connectivity index (χ4v) is 4.48. The Morgan fingerprint density at radius 3 is 2.66 bits per heavy atom. The number of piperazine rings is 1. The molecule has 29 heavy (non-hydrogen) atoms. The topological polar surface area (TPSA) is 37.4 Å². The van der Waals surface area contributed by atoms with Crippen LogP contribution in [0.25, 0.3) is 0 Å². The first-order valence-electron chi connectivity index (χ1n) is 9.38. The van der Waals surface area contributed by atoms with Gasteiger partial charge in [-0.3, -0.25) is 4.90 Å². The van der Waals surface area contributed by atoms with Gasteiger partial charge in [0.15, 0.2) is 0 Å². The summed E-state index contributed by atoms with van der Waals surface area (Å²) in [6.07, 6.45) is 0.906. The monoisotopic (exact) mass is 451 g/mol. The Balaban J connectivity index is 0.00000150. The van der Waals surface area contributed by atoms with Crippen molar-refractivity contribution in [3.8, 4) is 5.75 Å². The molecule has 3 aromatic rings. The molecule has 156 valence electrons. The van der Waals surface area contributed by atoms with Crippen molar-refractivity contribution >= 4 is 36.2 Å². The first-order chi connectivity index (χ1) is 13.3. The molecule has 0 amide bonds. The number of thiazole rings is 1. The number of hydrogen-bond donors (Lipinski definition) is 1. The lowest BCUT2D eigenvalue weighted by atomic mass is 10.0. The van der Waals surface area contributed by atoms with Crippen LogP contribution in [0.2, 0.25) is 0 Å². The summed E-state index contributed by atoms with van der Waals surface area (Å²) in [5.74, 6) is 0.958. The van der Waals surface area contributed by atoms with Crippen LogP contribution < -0.4 is 10.1 Å². The van der Waals surface area contributed by atoms with Gasteiger partial charge in [-0.15, -0.1) is 36.2 Å². The zero-order valence-electron chi connectivity index (χ0n) is 16.4. The van der Waals surface area contributed by atoms with Crippen molar-refractivity contribution in [2.45, 2.75) is 19.0 Å². The maximum Gasteiger partial charge on any atom is 0.123 e. The van der Waals surface area contributed by atoms with E-state index in [1.165, 1.54) is 16.1 Å². The summed E-state index contributed by atoms with van der Waals surface area (Å²) in [5.41, 5.74) is 3.71. The molecule has 1 unspecified atom stereocenters. The Kier molecular flexibility index (Phi) is 9.40. The lowest BCUT2D eigenvalue weighted by Crippen LogP contribution is -2.45. The Labute approximate surface area is 189 Å². The number of rotatable bonds is 6. The molecule has 0 aliphatic carbocycles. The van der Waals surface area contributed by atoms with Gasteiger partial charge in [0, 0.05) is 43.5 Å². The molecule has 0 spiro atoms. The summed E-state index contributed by atoms with van der Waals surface area (Å²) >= 11 is 1.76. The van der Waals surface area contributed by atoms with E-state index in [4.69, 9.17) is 9.72 Å². The van der Waals surface area contributed by atoms with E-state index in [0.717, 1.165) is 44.0 Å². The van der Waals surface area contributed by atoms with E-state index < -0.39 is 0 Å². The van der Waals surface area contributed by atoms with E-state index in [1.54, 1.807) is 18.4 Å². The van der Waals surface area contributed by atoms with E-state index in [9.17, 15) is 0 Å². The lowest BCUT2D eigenvalue weighted by Gasteiger charge is -2.36. The van der Waals surface area contributed by atoms with Crippen molar-refractivity contribution in [3.63, 3.8) is 0 Å². The molecule has 1 aliphatic heterocycles. The second-order valence-corrected chi connectivity index (χ2v) is 7.77. The van der Waals surface area contributed by atoms with Crippen molar-refractivity contribution in [1.29, 1.82) is 0 Å². The van der Waals surface area contributed by atoms with Gasteiger partial charge in [0.05, 0.1) is 23.9 Å². The molecule has 1 saturated heterocycles. The molecule has 0 radical (unpaired) electrons. The Bertz CT molecular complexity index is 875. The summed E-state index contributed by atoms with van der Waals surface area (Å²) in [5, 5.41) is 6.91. The normalized spacial score (nSPS) is 16.5. The maximum atomic E-state index is 5.60. The molecule has 0 saturated carbocycles. The number of nitrogens with one attached hydrogen (secondary N) is 1. The third kappa shape index (κ3) is 5.93. The van der Waals surface area contributed by atoms with Gasteiger partial charge in [-0.1, -0.05) is 48.5 Å². The number of aromatic nitrogens is 1. The van der Waals surface area contributed by atoms with Crippen molar-refractivity contribution in [3.05, 3.63) is 81.8 Å². The minimum atomic E-state index is 0. The highest BCUT2D eigenvalue weighted by Crippen LogP contribution is 2.31. The van der Waals surface area contributed by atoms with E-state index in [2.05, 4.69) is 58.1 Å².